The molecule has 1 aromatic heterocycles. The van der Waals surface area contributed by atoms with Gasteiger partial charge in [-0.2, -0.15) is 0 Å². The molecule has 2 aliphatic rings. The Balaban J connectivity index is 1.31. The maximum Gasteiger partial charge on any atom is 0.312 e. The molecule has 38 heavy (non-hydrogen) atoms. The molecule has 1 atom stereocenters. The fourth-order valence-corrected chi connectivity index (χ4v) is 4.85. The molecule has 0 N–H and O–H groups in total. The Morgan fingerprint density at radius 2 is 1.79 bits per heavy atom. The van der Waals surface area contributed by atoms with Crippen LogP contribution < -0.4 is 18.9 Å². The molecule has 0 saturated heterocycles. The van der Waals surface area contributed by atoms with E-state index in [1.165, 1.54) is 6.26 Å². The SMILES string of the molecule is COc1ccc(CCOc2ccccc2[C@@H]2CC(=O)Oc3ccc4c(c32)O/C(=C\c2ccco2)C4=O)cc1. The quantitative estimate of drug-likeness (QED) is 0.173. The van der Waals surface area contributed by atoms with Crippen molar-refractivity contribution in [3.05, 3.63) is 113 Å². The molecule has 0 unspecified atom stereocenters. The number of carbonyl (C=O) groups excluding carboxylic acids is 2. The van der Waals surface area contributed by atoms with E-state index in [0.717, 1.165) is 16.9 Å². The molecular formula is C31H24O7. The van der Waals surface area contributed by atoms with Gasteiger partial charge in [0.15, 0.2) is 5.76 Å². The minimum absolute atomic E-state index is 0.0943. The third-order valence-corrected chi connectivity index (χ3v) is 6.70. The number of ketones is 1. The summed E-state index contributed by atoms with van der Waals surface area (Å²) < 4.78 is 28.4. The van der Waals surface area contributed by atoms with Crippen LogP contribution >= 0.6 is 0 Å². The monoisotopic (exact) mass is 508 g/mol. The lowest BCUT2D eigenvalue weighted by Gasteiger charge is -2.27. The van der Waals surface area contributed by atoms with Crippen molar-refractivity contribution in [1.82, 2.24) is 0 Å². The number of benzene rings is 3. The van der Waals surface area contributed by atoms with Crippen LogP contribution in [0.3, 0.4) is 0 Å². The molecule has 0 fully saturated rings. The Kier molecular flexibility index (Phi) is 6.17. The van der Waals surface area contributed by atoms with Crippen molar-refractivity contribution >= 4 is 17.8 Å². The number of esters is 1. The number of para-hydroxylation sites is 1. The van der Waals surface area contributed by atoms with E-state index in [-0.39, 0.29) is 23.9 Å². The molecule has 190 valence electrons. The third kappa shape index (κ3) is 4.43. The molecule has 7 heteroatoms. The van der Waals surface area contributed by atoms with Crippen LogP contribution in [0.15, 0.2) is 89.2 Å². The van der Waals surface area contributed by atoms with E-state index in [9.17, 15) is 9.59 Å². The Bertz CT molecular complexity index is 1530. The fourth-order valence-electron chi connectivity index (χ4n) is 4.85. The van der Waals surface area contributed by atoms with Gasteiger partial charge in [0.25, 0.3) is 0 Å². The molecule has 6 rings (SSSR count). The Labute approximate surface area is 219 Å². The molecular weight excluding hydrogens is 484 g/mol. The van der Waals surface area contributed by atoms with Crippen LogP contribution in [0.5, 0.6) is 23.0 Å². The molecule has 0 aliphatic carbocycles. The summed E-state index contributed by atoms with van der Waals surface area (Å²) in [5.41, 5.74) is 3.02. The number of allylic oxidation sites excluding steroid dienone is 1. The van der Waals surface area contributed by atoms with Gasteiger partial charge < -0.3 is 23.4 Å². The lowest BCUT2D eigenvalue weighted by Crippen LogP contribution is -2.22. The first-order chi connectivity index (χ1) is 18.6. The molecule has 0 bridgehead atoms. The van der Waals surface area contributed by atoms with Crippen LogP contribution in [-0.4, -0.2) is 25.5 Å². The summed E-state index contributed by atoms with van der Waals surface area (Å²) in [4.78, 5) is 25.7. The largest absolute Gasteiger partial charge is 0.497 e. The first kappa shape index (κ1) is 23.6. The van der Waals surface area contributed by atoms with Gasteiger partial charge in [0.2, 0.25) is 5.78 Å². The number of hydrogen-bond acceptors (Lipinski definition) is 7. The second kappa shape index (κ2) is 9.94. The molecule has 0 saturated carbocycles. The summed E-state index contributed by atoms with van der Waals surface area (Å²) in [5, 5.41) is 0. The highest BCUT2D eigenvalue weighted by atomic mass is 16.5. The van der Waals surface area contributed by atoms with E-state index in [1.54, 1.807) is 37.5 Å². The fraction of sp³-hybridized carbons (Fsp3) is 0.161. The van der Waals surface area contributed by atoms with Gasteiger partial charge in [-0.05, 0) is 48.0 Å². The molecule has 2 aliphatic heterocycles. The average Bonchev–Trinajstić information content (AvgIpc) is 3.56. The van der Waals surface area contributed by atoms with Crippen LogP contribution in [0.2, 0.25) is 0 Å². The van der Waals surface area contributed by atoms with Gasteiger partial charge in [-0.3, -0.25) is 9.59 Å². The highest BCUT2D eigenvalue weighted by Gasteiger charge is 2.39. The number of rotatable bonds is 7. The van der Waals surface area contributed by atoms with Crippen molar-refractivity contribution in [3.8, 4) is 23.0 Å². The Morgan fingerprint density at radius 3 is 2.58 bits per heavy atom. The topological polar surface area (TPSA) is 84.2 Å². The van der Waals surface area contributed by atoms with Crippen LogP contribution in [0.25, 0.3) is 6.08 Å². The molecule has 7 nitrogen and oxygen atoms in total. The lowest BCUT2D eigenvalue weighted by atomic mass is 9.84. The highest BCUT2D eigenvalue weighted by Crippen LogP contribution is 2.50. The minimum atomic E-state index is -0.408. The number of hydrogen-bond donors (Lipinski definition) is 0. The molecule has 3 heterocycles. The summed E-state index contributed by atoms with van der Waals surface area (Å²) in [7, 11) is 1.64. The van der Waals surface area contributed by atoms with Gasteiger partial charge >= 0.3 is 5.97 Å². The van der Waals surface area contributed by atoms with Crippen molar-refractivity contribution in [1.29, 1.82) is 0 Å². The first-order valence-electron chi connectivity index (χ1n) is 12.3. The number of furan rings is 1. The zero-order chi connectivity index (χ0) is 26.1. The summed E-state index contributed by atoms with van der Waals surface area (Å²) in [5.74, 6) is 1.90. The Hall–Kier alpha value is -4.78. The van der Waals surface area contributed by atoms with E-state index < -0.39 is 5.92 Å². The van der Waals surface area contributed by atoms with Gasteiger partial charge in [-0.15, -0.1) is 0 Å². The predicted octanol–water partition coefficient (Wildman–Crippen LogP) is 5.97. The zero-order valence-corrected chi connectivity index (χ0v) is 20.6. The highest BCUT2D eigenvalue weighted by molar-refractivity contribution is 6.15. The molecule has 0 spiro atoms. The average molecular weight is 509 g/mol. The maximum atomic E-state index is 13.1. The third-order valence-electron chi connectivity index (χ3n) is 6.70. The summed E-state index contributed by atoms with van der Waals surface area (Å²) in [6, 6.07) is 22.3. The van der Waals surface area contributed by atoms with Crippen LogP contribution in [-0.2, 0) is 11.2 Å². The van der Waals surface area contributed by atoms with Crippen LogP contribution in [0, 0.1) is 0 Å². The smallest absolute Gasteiger partial charge is 0.312 e. The predicted molar refractivity (Wildman–Crippen MR) is 139 cm³/mol. The second-order valence-corrected chi connectivity index (χ2v) is 9.02. The van der Waals surface area contributed by atoms with Crippen LogP contribution in [0.1, 0.15) is 45.1 Å². The second-order valence-electron chi connectivity index (χ2n) is 9.02. The lowest BCUT2D eigenvalue weighted by molar-refractivity contribution is -0.135. The zero-order valence-electron chi connectivity index (χ0n) is 20.6. The van der Waals surface area contributed by atoms with Crippen molar-refractivity contribution in [2.75, 3.05) is 13.7 Å². The van der Waals surface area contributed by atoms with Crippen molar-refractivity contribution in [3.63, 3.8) is 0 Å². The molecule has 0 amide bonds. The van der Waals surface area contributed by atoms with Crippen LogP contribution in [0.4, 0.5) is 0 Å². The summed E-state index contributed by atoms with van der Waals surface area (Å²) in [6.07, 6.45) is 3.89. The summed E-state index contributed by atoms with van der Waals surface area (Å²) >= 11 is 0. The number of Topliss-reactive ketones (excluding diaryl/α,β-unsaturated/α-hetero) is 1. The van der Waals surface area contributed by atoms with Crippen molar-refractivity contribution in [2.24, 2.45) is 0 Å². The number of ether oxygens (including phenoxy) is 4. The molecule has 0 radical (unpaired) electrons. The normalized spacial score (nSPS) is 17.0. The molecule has 3 aromatic carbocycles. The standard InChI is InChI=1S/C31H24O7/c1-34-20-10-8-19(9-11-20)14-16-36-25-7-3-2-6-22(25)24-18-28(32)37-26-13-12-23-30(33)27(38-31(23)29(24)26)17-21-5-4-15-35-21/h2-13,15,17,24H,14,16,18H2,1H3/b27-17-/t24-/m0/s1. The van der Waals surface area contributed by atoms with Gasteiger partial charge in [0.05, 0.1) is 32.0 Å². The van der Waals surface area contributed by atoms with E-state index >= 15 is 0 Å². The molecule has 4 aromatic rings. The minimum Gasteiger partial charge on any atom is -0.497 e. The van der Waals surface area contributed by atoms with E-state index in [4.69, 9.17) is 23.4 Å². The van der Waals surface area contributed by atoms with Gasteiger partial charge in [-0.25, -0.2) is 0 Å². The number of fused-ring (bicyclic) bond motifs is 3. The van der Waals surface area contributed by atoms with Crippen molar-refractivity contribution in [2.45, 2.75) is 18.8 Å². The summed E-state index contributed by atoms with van der Waals surface area (Å²) in [6.45, 7) is 0.450. The number of methoxy groups -OCH3 is 1. The van der Waals surface area contributed by atoms with E-state index in [1.807, 2.05) is 48.5 Å². The first-order valence-corrected chi connectivity index (χ1v) is 12.3. The van der Waals surface area contributed by atoms with E-state index in [0.29, 0.717) is 47.2 Å². The van der Waals surface area contributed by atoms with Gasteiger partial charge in [0.1, 0.15) is 28.8 Å². The van der Waals surface area contributed by atoms with E-state index in [2.05, 4.69) is 0 Å². The van der Waals surface area contributed by atoms with Gasteiger partial charge in [0, 0.05) is 29.5 Å². The van der Waals surface area contributed by atoms with Gasteiger partial charge in [-0.1, -0.05) is 30.3 Å². The van der Waals surface area contributed by atoms with Crippen molar-refractivity contribution < 1.29 is 33.0 Å². The number of carbonyl (C=O) groups is 2. The maximum absolute atomic E-state index is 13.1. The Morgan fingerprint density at radius 1 is 0.947 bits per heavy atom.